The third-order valence-corrected chi connectivity index (χ3v) is 5.04. The molecule has 1 heterocycles. The quantitative estimate of drug-likeness (QED) is 0.545. The summed E-state index contributed by atoms with van der Waals surface area (Å²) in [7, 11) is 0. The number of nitrogens with zero attached hydrogens (tertiary/aromatic N) is 2. The Morgan fingerprint density at radius 1 is 1.03 bits per heavy atom. The molecule has 6 nitrogen and oxygen atoms in total. The lowest BCUT2D eigenvalue weighted by Gasteiger charge is -2.14. The number of amides is 2. The van der Waals surface area contributed by atoms with E-state index in [4.69, 9.17) is 5.10 Å². The minimum atomic E-state index is -0.260. The molecule has 30 heavy (non-hydrogen) atoms. The number of unbranched alkanes of at least 4 members (excludes halogenated alkanes) is 4. The molecule has 2 N–H and O–H groups in total. The van der Waals surface area contributed by atoms with Crippen LogP contribution in [-0.4, -0.2) is 28.1 Å². The van der Waals surface area contributed by atoms with Crippen molar-refractivity contribution in [2.24, 2.45) is 0 Å². The summed E-state index contributed by atoms with van der Waals surface area (Å²) in [5.74, 6) is 0.266. The maximum absolute atomic E-state index is 12.5. The highest BCUT2D eigenvalue weighted by atomic mass is 16.2. The maximum atomic E-state index is 12.5. The van der Waals surface area contributed by atoms with E-state index in [9.17, 15) is 9.59 Å². The molecular formula is C24H36N4O2. The van der Waals surface area contributed by atoms with Gasteiger partial charge in [0, 0.05) is 17.9 Å². The number of carbonyl (C=O) groups excluding carboxylic acids is 2. The highest BCUT2D eigenvalue weighted by Crippen LogP contribution is 2.27. The smallest absolute Gasteiger partial charge is 0.244 e. The number of aryl methyl sites for hydroxylation is 1. The number of rotatable bonds is 10. The van der Waals surface area contributed by atoms with Crippen molar-refractivity contribution >= 4 is 17.6 Å². The number of aromatic nitrogens is 2. The van der Waals surface area contributed by atoms with Crippen molar-refractivity contribution in [3.05, 3.63) is 41.6 Å². The van der Waals surface area contributed by atoms with E-state index in [0.29, 0.717) is 12.2 Å². The van der Waals surface area contributed by atoms with Crippen LogP contribution in [0.4, 0.5) is 5.82 Å². The summed E-state index contributed by atoms with van der Waals surface area (Å²) in [6.45, 7) is 10.4. The lowest BCUT2D eigenvalue weighted by molar-refractivity contribution is -0.124. The molecule has 0 unspecified atom stereocenters. The summed E-state index contributed by atoms with van der Waals surface area (Å²) < 4.78 is 1.77. The molecule has 0 atom stereocenters. The normalized spacial score (nSPS) is 11.4. The van der Waals surface area contributed by atoms with E-state index in [1.54, 1.807) is 4.68 Å². The fourth-order valence-corrected chi connectivity index (χ4v) is 3.16. The minimum absolute atomic E-state index is 0.0441. The predicted octanol–water partition coefficient (Wildman–Crippen LogP) is 4.89. The third kappa shape index (κ3) is 7.01. The van der Waals surface area contributed by atoms with Gasteiger partial charge in [0.1, 0.15) is 5.82 Å². The van der Waals surface area contributed by atoms with Crippen LogP contribution < -0.4 is 10.6 Å². The molecule has 1 aromatic carbocycles. The van der Waals surface area contributed by atoms with E-state index < -0.39 is 0 Å². The van der Waals surface area contributed by atoms with Crippen molar-refractivity contribution in [2.45, 2.75) is 78.6 Å². The Hall–Kier alpha value is -2.63. The molecule has 2 aromatic rings. The molecule has 1 aromatic heterocycles. The van der Waals surface area contributed by atoms with Gasteiger partial charge < -0.3 is 10.6 Å². The highest BCUT2D eigenvalue weighted by molar-refractivity contribution is 5.94. The number of hydrogen-bond donors (Lipinski definition) is 2. The molecule has 0 aliphatic carbocycles. The lowest BCUT2D eigenvalue weighted by atomic mass is 9.92. The van der Waals surface area contributed by atoms with Crippen molar-refractivity contribution < 1.29 is 9.59 Å². The van der Waals surface area contributed by atoms with Crippen LogP contribution in [0.25, 0.3) is 5.69 Å². The molecule has 0 aliphatic rings. The Labute approximate surface area is 180 Å². The van der Waals surface area contributed by atoms with Crippen LogP contribution in [0.1, 0.15) is 77.5 Å². The molecule has 0 bridgehead atoms. The van der Waals surface area contributed by atoms with Crippen LogP contribution >= 0.6 is 0 Å². The van der Waals surface area contributed by atoms with Crippen LogP contribution in [-0.2, 0) is 15.0 Å². The molecule has 0 saturated heterocycles. The maximum Gasteiger partial charge on any atom is 0.244 e. The lowest BCUT2D eigenvalue weighted by Crippen LogP contribution is -2.33. The van der Waals surface area contributed by atoms with Gasteiger partial charge in [0.15, 0.2) is 0 Å². The van der Waals surface area contributed by atoms with Crippen LogP contribution in [0.3, 0.4) is 0 Å². The van der Waals surface area contributed by atoms with Gasteiger partial charge in [0.2, 0.25) is 11.8 Å². The van der Waals surface area contributed by atoms with Gasteiger partial charge >= 0.3 is 0 Å². The number of nitrogens with one attached hydrogen (secondary N) is 2. The van der Waals surface area contributed by atoms with E-state index in [1.165, 1.54) is 12.8 Å². The second-order valence-corrected chi connectivity index (χ2v) is 8.85. The zero-order chi connectivity index (χ0) is 22.1. The molecule has 2 rings (SSSR count). The zero-order valence-electron chi connectivity index (χ0n) is 19.0. The Bertz CT molecular complexity index is 849. The second-order valence-electron chi connectivity index (χ2n) is 8.85. The van der Waals surface area contributed by atoms with Gasteiger partial charge in [-0.3, -0.25) is 9.59 Å². The third-order valence-electron chi connectivity index (χ3n) is 5.04. The van der Waals surface area contributed by atoms with E-state index in [-0.39, 0.29) is 23.8 Å². The summed E-state index contributed by atoms with van der Waals surface area (Å²) in [6, 6.07) is 9.82. The molecule has 0 saturated carbocycles. The molecule has 2 amide bonds. The van der Waals surface area contributed by atoms with E-state index in [1.807, 2.05) is 37.3 Å². The van der Waals surface area contributed by atoms with Gasteiger partial charge in [0.05, 0.1) is 17.9 Å². The first kappa shape index (κ1) is 23.6. The Balaban J connectivity index is 2.01. The van der Waals surface area contributed by atoms with E-state index >= 15 is 0 Å². The fourth-order valence-electron chi connectivity index (χ4n) is 3.16. The summed E-state index contributed by atoms with van der Waals surface area (Å²) in [5.41, 5.74) is 2.71. The first-order valence-electron chi connectivity index (χ1n) is 11.0. The van der Waals surface area contributed by atoms with Crippen molar-refractivity contribution in [2.75, 3.05) is 11.9 Å². The highest BCUT2D eigenvalue weighted by Gasteiger charge is 2.22. The average molecular weight is 413 g/mol. The summed E-state index contributed by atoms with van der Waals surface area (Å²) >= 11 is 0. The van der Waals surface area contributed by atoms with Gasteiger partial charge in [-0.2, -0.15) is 5.10 Å². The van der Waals surface area contributed by atoms with E-state index in [2.05, 4.69) is 38.3 Å². The molecule has 6 heteroatoms. The minimum Gasteiger partial charge on any atom is -0.347 e. The Morgan fingerprint density at radius 2 is 1.73 bits per heavy atom. The summed E-state index contributed by atoms with van der Waals surface area (Å²) in [5, 5.41) is 10.4. The number of para-hydroxylation sites is 1. The summed E-state index contributed by atoms with van der Waals surface area (Å²) in [6.07, 6.45) is 5.92. The fraction of sp³-hybridized carbons (Fsp3) is 0.542. The SMILES string of the molecule is CCCCCCCC(=O)NCC(=O)Nc1cc(C(C)(C)C)nn1-c1ccccc1C. The van der Waals surface area contributed by atoms with Gasteiger partial charge in [-0.05, 0) is 25.0 Å². The van der Waals surface area contributed by atoms with E-state index in [0.717, 1.165) is 36.2 Å². The van der Waals surface area contributed by atoms with Crippen LogP contribution in [0.2, 0.25) is 0 Å². The molecule has 0 spiro atoms. The first-order chi connectivity index (χ1) is 14.2. The number of anilines is 1. The van der Waals surface area contributed by atoms with Crippen molar-refractivity contribution in [3.63, 3.8) is 0 Å². The average Bonchev–Trinajstić information content (AvgIpc) is 3.10. The molecule has 164 valence electrons. The van der Waals surface area contributed by atoms with Crippen molar-refractivity contribution in [3.8, 4) is 5.69 Å². The van der Waals surface area contributed by atoms with Gasteiger partial charge in [-0.15, -0.1) is 0 Å². The van der Waals surface area contributed by atoms with Crippen LogP contribution in [0.15, 0.2) is 30.3 Å². The largest absolute Gasteiger partial charge is 0.347 e. The zero-order valence-corrected chi connectivity index (χ0v) is 19.0. The topological polar surface area (TPSA) is 76.0 Å². The number of carbonyl (C=O) groups is 2. The standard InChI is InChI=1S/C24H36N4O2/c1-6-7-8-9-10-15-22(29)25-17-23(30)26-21-16-20(24(3,4)5)27-28(21)19-14-12-11-13-18(19)2/h11-14,16H,6-10,15,17H2,1-5H3,(H,25,29)(H,26,30). The van der Waals surface area contributed by atoms with Crippen LogP contribution in [0.5, 0.6) is 0 Å². The van der Waals surface area contributed by atoms with Crippen molar-refractivity contribution in [1.82, 2.24) is 15.1 Å². The van der Waals surface area contributed by atoms with Gasteiger partial charge in [-0.25, -0.2) is 4.68 Å². The molecule has 0 fully saturated rings. The van der Waals surface area contributed by atoms with Crippen molar-refractivity contribution in [1.29, 1.82) is 0 Å². The first-order valence-corrected chi connectivity index (χ1v) is 11.0. The second kappa shape index (κ2) is 11.0. The molecular weight excluding hydrogens is 376 g/mol. The van der Waals surface area contributed by atoms with Gasteiger partial charge in [0.25, 0.3) is 0 Å². The Kier molecular flexibility index (Phi) is 8.63. The number of benzene rings is 1. The molecule has 0 radical (unpaired) electrons. The van der Waals surface area contributed by atoms with Crippen LogP contribution in [0, 0.1) is 6.92 Å². The molecule has 0 aliphatic heterocycles. The van der Waals surface area contributed by atoms with Gasteiger partial charge in [-0.1, -0.05) is 71.6 Å². The number of hydrogen-bond acceptors (Lipinski definition) is 3. The Morgan fingerprint density at radius 3 is 2.40 bits per heavy atom. The monoisotopic (exact) mass is 412 g/mol. The predicted molar refractivity (Wildman–Crippen MR) is 122 cm³/mol. The summed E-state index contributed by atoms with van der Waals surface area (Å²) in [4.78, 5) is 24.5.